The molecule has 0 aromatic rings. The second kappa shape index (κ2) is 7.38. The van der Waals surface area contributed by atoms with Crippen LogP contribution in [0.25, 0.3) is 0 Å². The third-order valence-electron chi connectivity index (χ3n) is 1.94. The van der Waals surface area contributed by atoms with E-state index in [4.69, 9.17) is 8.85 Å². The Morgan fingerprint density at radius 2 is 1.47 bits per heavy atom. The van der Waals surface area contributed by atoms with Gasteiger partial charge in [-0.3, -0.25) is 0 Å². The van der Waals surface area contributed by atoms with Crippen molar-refractivity contribution in [3.63, 3.8) is 0 Å². The van der Waals surface area contributed by atoms with Gasteiger partial charge >= 0.3 is 8.80 Å². The van der Waals surface area contributed by atoms with Crippen LogP contribution in [0.3, 0.4) is 0 Å². The van der Waals surface area contributed by atoms with Crippen molar-refractivity contribution >= 4 is 8.80 Å². The summed E-state index contributed by atoms with van der Waals surface area (Å²) in [5, 5.41) is 0. The van der Waals surface area contributed by atoms with Gasteiger partial charge in [-0.15, -0.1) is 0 Å². The molecule has 0 spiro atoms. The molecule has 0 atom stereocenters. The molecular weight excluding hydrogens is 208 g/mol. The molecular formula is C11H26O3Si. The number of unbranched alkanes of at least 4 members (excludes halogenated alkanes) is 2. The molecule has 3 nitrogen and oxygen atoms in total. The van der Waals surface area contributed by atoms with Crippen molar-refractivity contribution in [1.82, 2.24) is 0 Å². The fourth-order valence-electron chi connectivity index (χ4n) is 1.48. The van der Waals surface area contributed by atoms with Crippen LogP contribution in [0.15, 0.2) is 0 Å². The highest BCUT2D eigenvalue weighted by Gasteiger charge is 2.38. The smallest absolute Gasteiger partial charge is 0.390 e. The third kappa shape index (κ3) is 7.96. The summed E-state index contributed by atoms with van der Waals surface area (Å²) < 4.78 is 11.1. The second-order valence-electron chi connectivity index (χ2n) is 4.50. The minimum atomic E-state index is -2.91. The van der Waals surface area contributed by atoms with Crippen LogP contribution in [0.1, 0.15) is 53.9 Å². The predicted molar refractivity (Wildman–Crippen MR) is 64.7 cm³/mol. The molecule has 0 saturated heterocycles. The van der Waals surface area contributed by atoms with Gasteiger partial charge in [0.1, 0.15) is 0 Å². The molecule has 0 aromatic heterocycles. The molecule has 0 aromatic carbocycles. The minimum absolute atomic E-state index is 0.0297. The molecule has 0 heterocycles. The molecule has 0 saturated carbocycles. The Kier molecular flexibility index (Phi) is 7.43. The highest BCUT2D eigenvalue weighted by atomic mass is 28.4. The Bertz CT molecular complexity index is 150. The van der Waals surface area contributed by atoms with Crippen molar-refractivity contribution in [1.29, 1.82) is 0 Å². The van der Waals surface area contributed by atoms with E-state index in [-0.39, 0.29) is 12.2 Å². The molecule has 92 valence electrons. The highest BCUT2D eigenvalue weighted by molar-refractivity contribution is 6.59. The van der Waals surface area contributed by atoms with Gasteiger partial charge in [-0.05, 0) is 34.1 Å². The molecule has 0 rings (SSSR count). The molecule has 0 fully saturated rings. The van der Waals surface area contributed by atoms with Crippen molar-refractivity contribution < 1.29 is 13.6 Å². The molecule has 4 heteroatoms. The summed E-state index contributed by atoms with van der Waals surface area (Å²) in [6.07, 6.45) is 3.31. The summed E-state index contributed by atoms with van der Waals surface area (Å²) >= 11 is 0. The fraction of sp³-hybridized carbons (Fsp3) is 1.00. The maximum atomic E-state index is 10.3. The summed E-state index contributed by atoms with van der Waals surface area (Å²) in [5.74, 6) is 0. The average molecular weight is 234 g/mol. The quantitative estimate of drug-likeness (QED) is 0.518. The van der Waals surface area contributed by atoms with Gasteiger partial charge in [0, 0.05) is 18.3 Å². The Morgan fingerprint density at radius 3 is 1.80 bits per heavy atom. The van der Waals surface area contributed by atoms with Gasteiger partial charge in [-0.25, -0.2) is 0 Å². The zero-order chi connectivity index (χ0) is 11.9. The summed E-state index contributed by atoms with van der Waals surface area (Å²) in [7, 11) is -2.91. The largest absolute Gasteiger partial charge is 0.498 e. The maximum absolute atomic E-state index is 10.3. The van der Waals surface area contributed by atoms with Crippen LogP contribution in [0, 0.1) is 0 Å². The van der Waals surface area contributed by atoms with Crippen molar-refractivity contribution in [2.75, 3.05) is 0 Å². The summed E-state index contributed by atoms with van der Waals surface area (Å²) in [4.78, 5) is 10.3. The van der Waals surface area contributed by atoms with E-state index in [1.54, 1.807) is 0 Å². The van der Waals surface area contributed by atoms with Crippen LogP contribution in [0.5, 0.6) is 0 Å². The van der Waals surface area contributed by atoms with Crippen LogP contribution in [-0.2, 0) is 8.85 Å². The van der Waals surface area contributed by atoms with Crippen LogP contribution < -0.4 is 0 Å². The normalized spacial score (nSPS) is 12.8. The first-order chi connectivity index (χ1) is 6.89. The topological polar surface area (TPSA) is 38.7 Å². The number of hydrogen-bond donors (Lipinski definition) is 1. The highest BCUT2D eigenvalue weighted by Crippen LogP contribution is 2.18. The van der Waals surface area contributed by atoms with E-state index in [1.807, 2.05) is 27.7 Å². The standard InChI is InChI=1S/C11H26O3Si/c1-6-7-8-9-15(12,13-10(2)3)14-11(4)5/h10-12H,6-9H2,1-5H3. The summed E-state index contributed by atoms with van der Waals surface area (Å²) in [5.41, 5.74) is 0. The lowest BCUT2D eigenvalue weighted by Crippen LogP contribution is -2.46. The molecule has 0 bridgehead atoms. The summed E-state index contributed by atoms with van der Waals surface area (Å²) in [6, 6.07) is 0.678. The first kappa shape index (κ1) is 15.1. The third-order valence-corrected chi connectivity index (χ3v) is 4.60. The molecule has 0 unspecified atom stereocenters. The van der Waals surface area contributed by atoms with Crippen molar-refractivity contribution in [2.45, 2.75) is 72.1 Å². The molecule has 0 aliphatic carbocycles. The van der Waals surface area contributed by atoms with E-state index in [9.17, 15) is 4.80 Å². The van der Waals surface area contributed by atoms with E-state index >= 15 is 0 Å². The lowest BCUT2D eigenvalue weighted by atomic mass is 10.3. The Balaban J connectivity index is 4.14. The predicted octanol–water partition coefficient (Wildman–Crippen LogP) is 2.96. The van der Waals surface area contributed by atoms with E-state index in [0.717, 1.165) is 19.3 Å². The lowest BCUT2D eigenvalue weighted by molar-refractivity contribution is 0.0472. The first-order valence-corrected chi connectivity index (χ1v) is 7.94. The molecule has 1 N–H and O–H groups in total. The van der Waals surface area contributed by atoms with Crippen LogP contribution in [0.2, 0.25) is 6.04 Å². The lowest BCUT2D eigenvalue weighted by Gasteiger charge is -2.28. The monoisotopic (exact) mass is 234 g/mol. The molecule has 0 radical (unpaired) electrons. The minimum Gasteiger partial charge on any atom is -0.390 e. The summed E-state index contributed by atoms with van der Waals surface area (Å²) in [6.45, 7) is 9.87. The van der Waals surface area contributed by atoms with Gasteiger partial charge in [0.15, 0.2) is 0 Å². The Morgan fingerprint density at radius 1 is 1.00 bits per heavy atom. The van der Waals surface area contributed by atoms with Crippen molar-refractivity contribution in [2.24, 2.45) is 0 Å². The number of rotatable bonds is 8. The van der Waals surface area contributed by atoms with E-state index < -0.39 is 8.80 Å². The van der Waals surface area contributed by atoms with Crippen LogP contribution in [-0.4, -0.2) is 25.8 Å². The average Bonchev–Trinajstić information content (AvgIpc) is 2.00. The van der Waals surface area contributed by atoms with Gasteiger partial charge < -0.3 is 13.6 Å². The maximum Gasteiger partial charge on any atom is 0.498 e. The molecule has 0 amide bonds. The first-order valence-electron chi connectivity index (χ1n) is 5.97. The Labute approximate surface area is 95.2 Å². The zero-order valence-corrected chi connectivity index (χ0v) is 11.7. The van der Waals surface area contributed by atoms with Gasteiger partial charge in [0.2, 0.25) is 0 Å². The SMILES string of the molecule is CCCCC[Si](O)(OC(C)C)OC(C)C. The second-order valence-corrected chi connectivity index (χ2v) is 6.90. The van der Waals surface area contributed by atoms with Crippen molar-refractivity contribution in [3.8, 4) is 0 Å². The molecule has 0 aliphatic rings. The molecule has 15 heavy (non-hydrogen) atoms. The van der Waals surface area contributed by atoms with E-state index in [1.165, 1.54) is 0 Å². The molecule has 0 aliphatic heterocycles. The van der Waals surface area contributed by atoms with Gasteiger partial charge in [0.05, 0.1) is 0 Å². The zero-order valence-electron chi connectivity index (χ0n) is 10.7. The van der Waals surface area contributed by atoms with Gasteiger partial charge in [-0.2, -0.15) is 0 Å². The van der Waals surface area contributed by atoms with Crippen LogP contribution >= 0.6 is 0 Å². The van der Waals surface area contributed by atoms with Crippen molar-refractivity contribution in [3.05, 3.63) is 0 Å². The van der Waals surface area contributed by atoms with Gasteiger partial charge in [0.25, 0.3) is 0 Å². The fourth-order valence-corrected chi connectivity index (χ4v) is 3.94. The van der Waals surface area contributed by atoms with E-state index in [0.29, 0.717) is 6.04 Å². The van der Waals surface area contributed by atoms with Gasteiger partial charge in [-0.1, -0.05) is 19.8 Å². The number of hydrogen-bond acceptors (Lipinski definition) is 3. The van der Waals surface area contributed by atoms with E-state index in [2.05, 4.69) is 6.92 Å². The Hall–Kier alpha value is 0.0969. The van der Waals surface area contributed by atoms with Crippen LogP contribution in [0.4, 0.5) is 0 Å².